The zero-order valence-electron chi connectivity index (χ0n) is 10.9. The highest BCUT2D eigenvalue weighted by Gasteiger charge is 2.52. The van der Waals surface area contributed by atoms with Gasteiger partial charge in [-0.2, -0.15) is 5.10 Å². The van der Waals surface area contributed by atoms with E-state index in [9.17, 15) is 9.59 Å². The molecule has 110 valence electrons. The molecule has 0 aromatic carbocycles. The van der Waals surface area contributed by atoms with E-state index in [1.807, 2.05) is 12.3 Å². The molecule has 1 amide bonds. The lowest BCUT2D eigenvalue weighted by molar-refractivity contribution is -0.136. The standard InChI is InChI=1S/C12H17N3O3S2/c16-10(17)2-8-19-20-9-6-13-11(18)12(3-4-12)15-7-1-5-14-15/h1,5,7H,2-4,6,8-9H2,(H,13,18)(H,16,17). The normalized spacial score (nSPS) is 15.8. The van der Waals surface area contributed by atoms with Gasteiger partial charge in [0, 0.05) is 30.4 Å². The number of carbonyl (C=O) groups is 2. The monoisotopic (exact) mass is 315 g/mol. The van der Waals surface area contributed by atoms with Crippen LogP contribution in [-0.2, 0) is 15.1 Å². The molecule has 0 radical (unpaired) electrons. The molecule has 1 heterocycles. The molecule has 6 nitrogen and oxygen atoms in total. The smallest absolute Gasteiger partial charge is 0.304 e. The fourth-order valence-corrected chi connectivity index (χ4v) is 3.70. The number of nitrogens with one attached hydrogen (secondary N) is 1. The van der Waals surface area contributed by atoms with E-state index >= 15 is 0 Å². The number of carboxylic acids is 1. The minimum atomic E-state index is -0.777. The Kier molecular flexibility index (Phi) is 5.36. The van der Waals surface area contributed by atoms with Gasteiger partial charge in [-0.15, -0.1) is 0 Å². The summed E-state index contributed by atoms with van der Waals surface area (Å²) in [4.78, 5) is 22.5. The largest absolute Gasteiger partial charge is 0.481 e. The first-order chi connectivity index (χ1) is 9.65. The minimum Gasteiger partial charge on any atom is -0.481 e. The van der Waals surface area contributed by atoms with Gasteiger partial charge in [-0.05, 0) is 18.9 Å². The Bertz CT molecular complexity index is 461. The van der Waals surface area contributed by atoms with Crippen molar-refractivity contribution in [3.8, 4) is 0 Å². The molecule has 0 aliphatic heterocycles. The Labute approximate surface area is 125 Å². The maximum atomic E-state index is 12.1. The van der Waals surface area contributed by atoms with Crippen molar-refractivity contribution in [1.29, 1.82) is 0 Å². The Morgan fingerprint density at radius 2 is 2.10 bits per heavy atom. The van der Waals surface area contributed by atoms with E-state index in [2.05, 4.69) is 10.4 Å². The fourth-order valence-electron chi connectivity index (χ4n) is 1.82. The van der Waals surface area contributed by atoms with Gasteiger partial charge in [0.2, 0.25) is 5.91 Å². The van der Waals surface area contributed by atoms with Crippen molar-refractivity contribution in [2.24, 2.45) is 0 Å². The first-order valence-electron chi connectivity index (χ1n) is 6.40. The van der Waals surface area contributed by atoms with Crippen LogP contribution in [0.15, 0.2) is 18.5 Å². The average molecular weight is 315 g/mol. The van der Waals surface area contributed by atoms with E-state index < -0.39 is 11.5 Å². The predicted octanol–water partition coefficient (Wildman–Crippen LogP) is 1.34. The SMILES string of the molecule is O=C(O)CCSSCCNC(=O)C1(n2cccn2)CC1. The van der Waals surface area contributed by atoms with E-state index in [0.29, 0.717) is 12.3 Å². The summed E-state index contributed by atoms with van der Waals surface area (Å²) in [5.74, 6) is 0.606. The van der Waals surface area contributed by atoms with Gasteiger partial charge in [0.1, 0.15) is 5.54 Å². The van der Waals surface area contributed by atoms with Crippen molar-refractivity contribution in [2.75, 3.05) is 18.1 Å². The van der Waals surface area contributed by atoms with Crippen molar-refractivity contribution in [1.82, 2.24) is 15.1 Å². The molecule has 1 aromatic rings. The molecule has 0 bridgehead atoms. The quantitative estimate of drug-likeness (QED) is 0.528. The predicted molar refractivity (Wildman–Crippen MR) is 79.6 cm³/mol. The molecule has 1 fully saturated rings. The number of hydrogen-bond donors (Lipinski definition) is 2. The minimum absolute atomic E-state index is 0.0253. The van der Waals surface area contributed by atoms with E-state index in [-0.39, 0.29) is 12.3 Å². The lowest BCUT2D eigenvalue weighted by Gasteiger charge is -2.15. The highest BCUT2D eigenvalue weighted by Crippen LogP contribution is 2.43. The van der Waals surface area contributed by atoms with Gasteiger partial charge >= 0.3 is 5.97 Å². The molecule has 2 N–H and O–H groups in total. The Hall–Kier alpha value is -1.15. The second-order valence-corrected chi connectivity index (χ2v) is 7.23. The first-order valence-corrected chi connectivity index (χ1v) is 8.88. The van der Waals surface area contributed by atoms with Crippen LogP contribution in [-0.4, -0.2) is 44.8 Å². The molecule has 1 saturated carbocycles. The van der Waals surface area contributed by atoms with Crippen LogP contribution < -0.4 is 5.32 Å². The third-order valence-electron chi connectivity index (χ3n) is 3.04. The summed E-state index contributed by atoms with van der Waals surface area (Å²) in [6.45, 7) is 0.590. The molecule has 1 aliphatic rings. The van der Waals surface area contributed by atoms with Crippen molar-refractivity contribution < 1.29 is 14.7 Å². The maximum absolute atomic E-state index is 12.1. The number of carbonyl (C=O) groups excluding carboxylic acids is 1. The lowest BCUT2D eigenvalue weighted by Crippen LogP contribution is -2.39. The maximum Gasteiger partial charge on any atom is 0.304 e. The third-order valence-corrected chi connectivity index (χ3v) is 5.45. The molecule has 0 unspecified atom stereocenters. The molecule has 1 aromatic heterocycles. The van der Waals surface area contributed by atoms with Crippen molar-refractivity contribution in [2.45, 2.75) is 24.8 Å². The molecule has 0 spiro atoms. The molecule has 0 atom stereocenters. The van der Waals surface area contributed by atoms with Crippen LogP contribution in [0.5, 0.6) is 0 Å². The number of aromatic nitrogens is 2. The highest BCUT2D eigenvalue weighted by molar-refractivity contribution is 8.76. The van der Waals surface area contributed by atoms with Crippen LogP contribution in [0.2, 0.25) is 0 Å². The summed E-state index contributed by atoms with van der Waals surface area (Å²) in [5.41, 5.74) is -0.468. The van der Waals surface area contributed by atoms with Gasteiger partial charge in [-0.25, -0.2) is 0 Å². The van der Waals surface area contributed by atoms with Gasteiger partial charge in [0.15, 0.2) is 0 Å². The second-order valence-electron chi connectivity index (χ2n) is 4.53. The zero-order valence-corrected chi connectivity index (χ0v) is 12.6. The number of nitrogens with zero attached hydrogens (tertiary/aromatic N) is 2. The topological polar surface area (TPSA) is 84.2 Å². The summed E-state index contributed by atoms with van der Waals surface area (Å²) in [7, 11) is 3.10. The lowest BCUT2D eigenvalue weighted by atomic mass is 10.2. The average Bonchev–Trinajstić information content (AvgIpc) is 3.05. The van der Waals surface area contributed by atoms with Crippen LogP contribution in [0.1, 0.15) is 19.3 Å². The van der Waals surface area contributed by atoms with Gasteiger partial charge < -0.3 is 10.4 Å². The van der Waals surface area contributed by atoms with Crippen molar-refractivity contribution in [3.05, 3.63) is 18.5 Å². The van der Waals surface area contributed by atoms with Crippen molar-refractivity contribution in [3.63, 3.8) is 0 Å². The van der Waals surface area contributed by atoms with Crippen LogP contribution in [0.4, 0.5) is 0 Å². The highest BCUT2D eigenvalue weighted by atomic mass is 33.1. The summed E-state index contributed by atoms with van der Waals surface area (Å²) in [6, 6.07) is 1.82. The second kappa shape index (κ2) is 7.03. The van der Waals surface area contributed by atoms with Crippen LogP contribution in [0, 0.1) is 0 Å². The fraction of sp³-hybridized carbons (Fsp3) is 0.583. The molecule has 0 saturated heterocycles. The van der Waals surface area contributed by atoms with Crippen LogP contribution in [0.25, 0.3) is 0 Å². The number of aliphatic carboxylic acids is 1. The molecule has 1 aliphatic carbocycles. The van der Waals surface area contributed by atoms with Crippen molar-refractivity contribution >= 4 is 33.5 Å². The Morgan fingerprint density at radius 3 is 2.70 bits per heavy atom. The number of carboxylic acid groups (broad SMARTS) is 1. The van der Waals surface area contributed by atoms with E-state index in [1.165, 1.54) is 10.8 Å². The summed E-state index contributed by atoms with van der Waals surface area (Å²) in [6.07, 6.45) is 5.35. The molecule has 8 heteroatoms. The van der Waals surface area contributed by atoms with E-state index in [1.54, 1.807) is 21.7 Å². The molecular weight excluding hydrogens is 298 g/mol. The number of rotatable bonds is 9. The van der Waals surface area contributed by atoms with Gasteiger partial charge in [0.25, 0.3) is 0 Å². The third kappa shape index (κ3) is 3.92. The zero-order chi connectivity index (χ0) is 14.4. The van der Waals surface area contributed by atoms with Crippen LogP contribution in [0.3, 0.4) is 0 Å². The Morgan fingerprint density at radius 1 is 1.35 bits per heavy atom. The summed E-state index contributed by atoms with van der Waals surface area (Å²) in [5, 5.41) is 15.6. The van der Waals surface area contributed by atoms with E-state index in [4.69, 9.17) is 5.11 Å². The van der Waals surface area contributed by atoms with Gasteiger partial charge in [-0.1, -0.05) is 21.6 Å². The van der Waals surface area contributed by atoms with Crippen LogP contribution >= 0.6 is 21.6 Å². The number of hydrogen-bond acceptors (Lipinski definition) is 5. The van der Waals surface area contributed by atoms with Gasteiger partial charge in [0.05, 0.1) is 6.42 Å². The summed E-state index contributed by atoms with van der Waals surface area (Å²) >= 11 is 0. The Balaban J connectivity index is 1.61. The molecule has 2 rings (SSSR count). The van der Waals surface area contributed by atoms with E-state index in [0.717, 1.165) is 18.6 Å². The molecular formula is C12H17N3O3S2. The number of amides is 1. The van der Waals surface area contributed by atoms with Gasteiger partial charge in [-0.3, -0.25) is 14.3 Å². The summed E-state index contributed by atoms with van der Waals surface area (Å²) < 4.78 is 1.73. The molecule has 20 heavy (non-hydrogen) atoms. The first kappa shape index (κ1) is 15.2.